The summed E-state index contributed by atoms with van der Waals surface area (Å²) in [5.74, 6) is -1.46. The van der Waals surface area contributed by atoms with Crippen LogP contribution in [-0.4, -0.2) is 59.4 Å². The summed E-state index contributed by atoms with van der Waals surface area (Å²) in [6.45, 7) is 6.71. The van der Waals surface area contributed by atoms with Gasteiger partial charge in [0.25, 0.3) is 0 Å². The van der Waals surface area contributed by atoms with Crippen molar-refractivity contribution in [2.45, 2.75) is 51.4 Å². The van der Waals surface area contributed by atoms with E-state index in [1.807, 2.05) is 6.08 Å². The van der Waals surface area contributed by atoms with Gasteiger partial charge in [0.05, 0.1) is 6.04 Å². The van der Waals surface area contributed by atoms with E-state index in [1.165, 1.54) is 6.92 Å². The highest BCUT2D eigenvalue weighted by Gasteiger charge is 2.45. The Morgan fingerprint density at radius 3 is 2.88 bits per heavy atom. The zero-order valence-corrected chi connectivity index (χ0v) is 14.4. The fraction of sp³-hybridized carbons (Fsp3) is 0.667. The Hall–Kier alpha value is -1.66. The Bertz CT molecular complexity index is 607. The largest absolute Gasteiger partial charge is 0.459 e. The van der Waals surface area contributed by atoms with E-state index in [0.29, 0.717) is 5.57 Å². The van der Waals surface area contributed by atoms with Crippen molar-refractivity contribution in [2.24, 2.45) is 5.92 Å². The van der Waals surface area contributed by atoms with Crippen LogP contribution in [0.25, 0.3) is 0 Å². The molecule has 0 aromatic rings. The average molecular weight is 335 g/mol. The van der Waals surface area contributed by atoms with E-state index in [2.05, 4.69) is 4.90 Å². The molecule has 0 aromatic heterocycles. The molecule has 3 rings (SSSR count). The minimum Gasteiger partial charge on any atom is -0.459 e. The van der Waals surface area contributed by atoms with Gasteiger partial charge in [-0.15, -0.1) is 0 Å². The maximum absolute atomic E-state index is 12.5. The van der Waals surface area contributed by atoms with Gasteiger partial charge in [0, 0.05) is 18.7 Å². The van der Waals surface area contributed by atoms with Crippen molar-refractivity contribution in [1.82, 2.24) is 4.90 Å². The Morgan fingerprint density at radius 2 is 2.17 bits per heavy atom. The number of hydrogen-bond acceptors (Lipinski definition) is 6. The predicted octanol–water partition coefficient (Wildman–Crippen LogP) is 1.19. The molecule has 2 fully saturated rings. The van der Waals surface area contributed by atoms with E-state index in [4.69, 9.17) is 9.47 Å². The minimum absolute atomic E-state index is 0.0262. The molecule has 24 heavy (non-hydrogen) atoms. The molecule has 0 aromatic carbocycles. The summed E-state index contributed by atoms with van der Waals surface area (Å²) in [7, 11) is 0. The molecule has 0 unspecified atom stereocenters. The number of cyclic esters (lactones) is 1. The number of ether oxygens (including phenoxy) is 2. The van der Waals surface area contributed by atoms with Crippen LogP contribution in [0.4, 0.5) is 0 Å². The van der Waals surface area contributed by atoms with E-state index >= 15 is 0 Å². The SMILES string of the molecule is C/C=C1\C[C@H](C)[C@@](C)(O)C(=O)OCC2=CCN3CC[C@@H](OC1=O)[C@H]23. The van der Waals surface area contributed by atoms with E-state index in [0.717, 1.165) is 25.1 Å². The Morgan fingerprint density at radius 1 is 1.42 bits per heavy atom. The standard InChI is InChI=1S/C18H25NO5/c1-4-12-9-11(2)18(3,22)17(21)23-10-13-5-7-19-8-6-14(15(13)19)24-16(12)20/h4-5,11,14-15,22H,6-10H2,1-3H3/b12-4+/t11-,14+,15-,18+/m0/s1. The lowest BCUT2D eigenvalue weighted by atomic mass is 9.85. The highest BCUT2D eigenvalue weighted by atomic mass is 16.6. The number of esters is 2. The van der Waals surface area contributed by atoms with Crippen LogP contribution in [0, 0.1) is 5.92 Å². The normalized spacial score (nSPS) is 39.6. The van der Waals surface area contributed by atoms with Gasteiger partial charge >= 0.3 is 11.9 Å². The number of nitrogens with zero attached hydrogens (tertiary/aromatic N) is 1. The molecule has 0 aliphatic carbocycles. The van der Waals surface area contributed by atoms with Gasteiger partial charge in [-0.1, -0.05) is 19.1 Å². The van der Waals surface area contributed by atoms with Crippen LogP contribution >= 0.6 is 0 Å². The molecular formula is C18H25NO5. The van der Waals surface area contributed by atoms with Crippen molar-refractivity contribution in [2.75, 3.05) is 19.7 Å². The molecule has 3 aliphatic rings. The third kappa shape index (κ3) is 2.89. The number of carbonyl (C=O) groups excluding carboxylic acids is 2. The van der Waals surface area contributed by atoms with Crippen molar-refractivity contribution < 1.29 is 24.2 Å². The summed E-state index contributed by atoms with van der Waals surface area (Å²) in [4.78, 5) is 27.1. The summed E-state index contributed by atoms with van der Waals surface area (Å²) in [5, 5.41) is 10.6. The lowest BCUT2D eigenvalue weighted by Crippen LogP contribution is -2.45. The molecule has 2 saturated heterocycles. The monoisotopic (exact) mass is 335 g/mol. The van der Waals surface area contributed by atoms with Gasteiger partial charge in [-0.2, -0.15) is 0 Å². The quantitative estimate of drug-likeness (QED) is 0.407. The van der Waals surface area contributed by atoms with Crippen LogP contribution < -0.4 is 0 Å². The number of aliphatic hydroxyl groups is 1. The predicted molar refractivity (Wildman–Crippen MR) is 87.1 cm³/mol. The second-order valence-electron chi connectivity index (χ2n) is 7.09. The summed E-state index contributed by atoms with van der Waals surface area (Å²) in [6.07, 6.45) is 4.56. The van der Waals surface area contributed by atoms with Gasteiger partial charge in [-0.25, -0.2) is 9.59 Å². The highest BCUT2D eigenvalue weighted by Crippen LogP contribution is 2.34. The zero-order chi connectivity index (χ0) is 17.5. The van der Waals surface area contributed by atoms with Crippen LogP contribution in [0.5, 0.6) is 0 Å². The summed E-state index contributed by atoms with van der Waals surface area (Å²) < 4.78 is 11.2. The molecule has 1 N–H and O–H groups in total. The first-order valence-corrected chi connectivity index (χ1v) is 8.53. The van der Waals surface area contributed by atoms with Crippen LogP contribution in [-0.2, 0) is 19.1 Å². The molecule has 0 bridgehead atoms. The van der Waals surface area contributed by atoms with Crippen molar-refractivity contribution in [3.63, 3.8) is 0 Å². The van der Waals surface area contributed by atoms with Gasteiger partial charge in [0.2, 0.25) is 0 Å². The third-order valence-corrected chi connectivity index (χ3v) is 5.55. The first-order valence-electron chi connectivity index (χ1n) is 8.53. The zero-order valence-electron chi connectivity index (χ0n) is 14.4. The van der Waals surface area contributed by atoms with Crippen LogP contribution in [0.3, 0.4) is 0 Å². The van der Waals surface area contributed by atoms with E-state index in [-0.39, 0.29) is 31.1 Å². The number of allylic oxidation sites excluding steroid dienone is 1. The molecule has 6 nitrogen and oxygen atoms in total. The molecule has 132 valence electrons. The van der Waals surface area contributed by atoms with Gasteiger partial charge in [0.1, 0.15) is 12.7 Å². The Kier molecular flexibility index (Phi) is 4.53. The molecule has 0 radical (unpaired) electrons. The van der Waals surface area contributed by atoms with Crippen molar-refractivity contribution in [3.05, 3.63) is 23.3 Å². The first kappa shape index (κ1) is 17.2. The van der Waals surface area contributed by atoms with E-state index in [9.17, 15) is 14.7 Å². The minimum atomic E-state index is -1.65. The molecule has 6 heteroatoms. The third-order valence-electron chi connectivity index (χ3n) is 5.55. The maximum Gasteiger partial charge on any atom is 0.338 e. The smallest absolute Gasteiger partial charge is 0.338 e. The van der Waals surface area contributed by atoms with Crippen LogP contribution in [0.1, 0.15) is 33.6 Å². The number of carbonyl (C=O) groups is 2. The highest BCUT2D eigenvalue weighted by molar-refractivity contribution is 5.89. The van der Waals surface area contributed by atoms with E-state index in [1.54, 1.807) is 19.9 Å². The summed E-state index contributed by atoms with van der Waals surface area (Å²) >= 11 is 0. The molecule has 3 aliphatic heterocycles. The topological polar surface area (TPSA) is 76.1 Å². The fourth-order valence-electron chi connectivity index (χ4n) is 3.68. The molecule has 3 heterocycles. The van der Waals surface area contributed by atoms with Crippen molar-refractivity contribution in [1.29, 1.82) is 0 Å². The molecule has 4 atom stereocenters. The van der Waals surface area contributed by atoms with Crippen molar-refractivity contribution >= 4 is 11.9 Å². The lowest BCUT2D eigenvalue weighted by molar-refractivity contribution is -0.169. The number of hydrogen-bond donors (Lipinski definition) is 1. The molecule has 0 saturated carbocycles. The van der Waals surface area contributed by atoms with Gasteiger partial charge in [0.15, 0.2) is 5.60 Å². The second-order valence-corrected chi connectivity index (χ2v) is 7.09. The van der Waals surface area contributed by atoms with Gasteiger partial charge < -0.3 is 14.6 Å². The van der Waals surface area contributed by atoms with Gasteiger partial charge in [-0.05, 0) is 38.2 Å². The lowest BCUT2D eigenvalue weighted by Gasteiger charge is -2.31. The number of rotatable bonds is 0. The summed E-state index contributed by atoms with van der Waals surface area (Å²) in [6, 6.07) is -0.0262. The van der Waals surface area contributed by atoms with Crippen LogP contribution in [0.15, 0.2) is 23.3 Å². The fourth-order valence-corrected chi connectivity index (χ4v) is 3.68. The Balaban J connectivity index is 1.91. The Labute approximate surface area is 142 Å². The molecule has 0 spiro atoms. The molecular weight excluding hydrogens is 310 g/mol. The first-order chi connectivity index (χ1) is 11.3. The maximum atomic E-state index is 12.5. The van der Waals surface area contributed by atoms with Gasteiger partial charge in [-0.3, -0.25) is 4.90 Å². The molecule has 0 amide bonds. The second kappa shape index (κ2) is 6.33. The average Bonchev–Trinajstić information content (AvgIpc) is 3.12. The van der Waals surface area contributed by atoms with Crippen LogP contribution in [0.2, 0.25) is 0 Å². The summed E-state index contributed by atoms with van der Waals surface area (Å²) in [5.41, 5.74) is -0.218. The van der Waals surface area contributed by atoms with Crippen molar-refractivity contribution in [3.8, 4) is 0 Å². The van der Waals surface area contributed by atoms with E-state index < -0.39 is 17.5 Å².